The number of ether oxygens (including phenoxy) is 1. The number of methoxy groups -OCH3 is 1. The summed E-state index contributed by atoms with van der Waals surface area (Å²) in [7, 11) is 1.57. The summed E-state index contributed by atoms with van der Waals surface area (Å²) in [6, 6.07) is 22.2. The first kappa shape index (κ1) is 26.2. The van der Waals surface area contributed by atoms with E-state index in [4.69, 9.17) is 9.84 Å². The molecule has 0 spiro atoms. The van der Waals surface area contributed by atoms with Gasteiger partial charge in [0.1, 0.15) is 11.8 Å². The van der Waals surface area contributed by atoms with Crippen LogP contribution in [0, 0.1) is 13.8 Å². The van der Waals surface area contributed by atoms with E-state index in [1.165, 1.54) is 11.8 Å². The van der Waals surface area contributed by atoms with Crippen LogP contribution in [-0.4, -0.2) is 39.3 Å². The van der Waals surface area contributed by atoms with E-state index < -0.39 is 6.04 Å². The minimum atomic E-state index is -0.521. The van der Waals surface area contributed by atoms with Crippen molar-refractivity contribution in [1.29, 1.82) is 0 Å². The highest BCUT2D eigenvalue weighted by atomic mass is 32.2. The third-order valence-electron chi connectivity index (χ3n) is 6.62. The maximum Gasteiger partial charge on any atom is 0.255 e. The van der Waals surface area contributed by atoms with Crippen molar-refractivity contribution in [3.8, 4) is 5.75 Å². The number of carbonyl (C=O) groups is 2. The van der Waals surface area contributed by atoms with Gasteiger partial charge in [0.15, 0.2) is 5.78 Å². The van der Waals surface area contributed by atoms with Crippen molar-refractivity contribution >= 4 is 35.1 Å². The predicted molar refractivity (Wildman–Crippen MR) is 154 cm³/mol. The Labute approximate surface area is 231 Å². The van der Waals surface area contributed by atoms with Crippen molar-refractivity contribution in [2.45, 2.75) is 32.0 Å². The third kappa shape index (κ3) is 5.44. The van der Waals surface area contributed by atoms with Crippen LogP contribution in [0.3, 0.4) is 0 Å². The summed E-state index contributed by atoms with van der Waals surface area (Å²) in [5, 5.41) is 11.5. The van der Waals surface area contributed by atoms with Crippen LogP contribution in [0.4, 0.5) is 11.6 Å². The number of anilines is 2. The van der Waals surface area contributed by atoms with Crippen molar-refractivity contribution < 1.29 is 14.3 Å². The lowest BCUT2D eigenvalue weighted by atomic mass is 9.92. The molecule has 0 aliphatic carbocycles. The number of allylic oxidation sites excluding steroid dienone is 1. The molecule has 0 saturated heterocycles. The lowest BCUT2D eigenvalue weighted by Crippen LogP contribution is -2.32. The molecule has 0 radical (unpaired) electrons. The standard InChI is InChI=1S/C30H29N5O3S/c1-18-13-15-21(16-14-18)24(36)17-39-30-33-29-31-20(3)26(28(37)32-23-11-7-8-12-25(23)38-4)27(35(29)34-30)22-10-6-5-9-19(22)2/h5-16,27H,17H2,1-4H3,(H,32,37)(H,31,33,34). The van der Waals surface area contributed by atoms with E-state index in [2.05, 4.69) is 15.6 Å². The first-order valence-corrected chi connectivity index (χ1v) is 13.5. The zero-order chi connectivity index (χ0) is 27.5. The van der Waals surface area contributed by atoms with Gasteiger partial charge in [0, 0.05) is 11.3 Å². The molecule has 1 aromatic heterocycles. The average molecular weight is 540 g/mol. The van der Waals surface area contributed by atoms with Gasteiger partial charge in [-0.1, -0.05) is 78.0 Å². The zero-order valence-corrected chi connectivity index (χ0v) is 23.0. The lowest BCUT2D eigenvalue weighted by Gasteiger charge is -2.29. The molecule has 2 heterocycles. The number of nitrogens with zero attached hydrogens (tertiary/aromatic N) is 3. The Morgan fingerprint density at radius 2 is 1.72 bits per heavy atom. The molecule has 1 amide bonds. The zero-order valence-electron chi connectivity index (χ0n) is 22.2. The number of para-hydroxylation sites is 2. The molecule has 1 aliphatic rings. The average Bonchev–Trinajstić information content (AvgIpc) is 3.34. The van der Waals surface area contributed by atoms with Crippen LogP contribution in [0.15, 0.2) is 89.2 Å². The smallest absolute Gasteiger partial charge is 0.255 e. The Morgan fingerprint density at radius 3 is 2.46 bits per heavy atom. The van der Waals surface area contributed by atoms with E-state index in [-0.39, 0.29) is 17.4 Å². The van der Waals surface area contributed by atoms with Gasteiger partial charge in [-0.3, -0.25) is 9.59 Å². The van der Waals surface area contributed by atoms with Crippen molar-refractivity contribution in [3.05, 3.63) is 106 Å². The van der Waals surface area contributed by atoms with Crippen LogP contribution in [-0.2, 0) is 4.79 Å². The summed E-state index contributed by atoms with van der Waals surface area (Å²) < 4.78 is 7.16. The summed E-state index contributed by atoms with van der Waals surface area (Å²) in [5.74, 6) is 1.01. The second-order valence-corrected chi connectivity index (χ2v) is 10.3. The number of thioether (sulfide) groups is 1. The number of hydrogen-bond acceptors (Lipinski definition) is 7. The summed E-state index contributed by atoms with van der Waals surface area (Å²) in [6.07, 6.45) is 0. The highest BCUT2D eigenvalue weighted by molar-refractivity contribution is 7.99. The predicted octanol–water partition coefficient (Wildman–Crippen LogP) is 5.81. The van der Waals surface area contributed by atoms with E-state index in [9.17, 15) is 9.59 Å². The van der Waals surface area contributed by atoms with E-state index in [1.54, 1.807) is 23.9 Å². The number of benzene rings is 3. The second-order valence-electron chi connectivity index (χ2n) is 9.32. The molecular formula is C30H29N5O3S. The molecule has 3 aromatic carbocycles. The Morgan fingerprint density at radius 1 is 1.00 bits per heavy atom. The molecule has 0 bridgehead atoms. The normalized spacial score (nSPS) is 14.4. The van der Waals surface area contributed by atoms with Crippen LogP contribution in [0.2, 0.25) is 0 Å². The van der Waals surface area contributed by atoms with Crippen molar-refractivity contribution in [3.63, 3.8) is 0 Å². The first-order chi connectivity index (χ1) is 18.9. The first-order valence-electron chi connectivity index (χ1n) is 12.5. The van der Waals surface area contributed by atoms with E-state index >= 15 is 0 Å². The molecule has 2 N–H and O–H groups in total. The Balaban J connectivity index is 1.47. The van der Waals surface area contributed by atoms with Crippen LogP contribution in [0.25, 0.3) is 0 Å². The molecule has 5 rings (SSSR count). The molecule has 9 heteroatoms. The number of hydrogen-bond donors (Lipinski definition) is 2. The summed E-state index contributed by atoms with van der Waals surface area (Å²) in [4.78, 5) is 31.2. The van der Waals surface area contributed by atoms with Crippen molar-refractivity contribution in [1.82, 2.24) is 14.8 Å². The van der Waals surface area contributed by atoms with Crippen molar-refractivity contribution in [2.24, 2.45) is 0 Å². The number of amides is 1. The van der Waals surface area contributed by atoms with Gasteiger partial charge in [-0.2, -0.15) is 4.98 Å². The van der Waals surface area contributed by atoms with Crippen LogP contribution in [0.5, 0.6) is 5.75 Å². The fourth-order valence-corrected chi connectivity index (χ4v) is 5.28. The van der Waals surface area contributed by atoms with Gasteiger partial charge < -0.3 is 15.4 Å². The maximum absolute atomic E-state index is 13.8. The monoisotopic (exact) mass is 539 g/mol. The number of nitrogens with one attached hydrogen (secondary N) is 2. The van der Waals surface area contributed by atoms with Crippen LogP contribution in [0.1, 0.15) is 40.0 Å². The van der Waals surface area contributed by atoms with Gasteiger partial charge >= 0.3 is 0 Å². The number of aryl methyl sites for hydroxylation is 2. The number of fused-ring (bicyclic) bond motifs is 1. The highest BCUT2D eigenvalue weighted by Gasteiger charge is 2.35. The number of rotatable bonds is 8. The summed E-state index contributed by atoms with van der Waals surface area (Å²) in [6.45, 7) is 5.85. The fraction of sp³-hybridized carbons (Fsp3) is 0.200. The molecule has 1 atom stereocenters. The molecule has 1 unspecified atom stereocenters. The van der Waals surface area contributed by atoms with Crippen LogP contribution >= 0.6 is 11.8 Å². The maximum atomic E-state index is 13.8. The number of Topliss-reactive ketones (excluding diaryl/α,β-unsaturated/α-hetero) is 1. The molecular weight excluding hydrogens is 510 g/mol. The van der Waals surface area contributed by atoms with Crippen LogP contribution < -0.4 is 15.4 Å². The number of ketones is 1. The Hall–Kier alpha value is -4.37. The minimum absolute atomic E-state index is 0.00219. The van der Waals surface area contributed by atoms with E-state index in [0.717, 1.165) is 16.7 Å². The van der Waals surface area contributed by atoms with Gasteiger partial charge in [-0.15, -0.1) is 5.10 Å². The number of aromatic nitrogens is 3. The Bertz CT molecular complexity index is 1580. The molecule has 39 heavy (non-hydrogen) atoms. The quantitative estimate of drug-likeness (QED) is 0.216. The van der Waals surface area contributed by atoms with E-state index in [0.29, 0.717) is 39.4 Å². The fourth-order valence-electron chi connectivity index (χ4n) is 4.56. The molecule has 198 valence electrons. The third-order valence-corrected chi connectivity index (χ3v) is 7.46. The highest BCUT2D eigenvalue weighted by Crippen LogP contribution is 2.38. The Kier molecular flexibility index (Phi) is 7.51. The van der Waals surface area contributed by atoms with E-state index in [1.807, 2.05) is 81.4 Å². The minimum Gasteiger partial charge on any atom is -0.495 e. The molecule has 8 nitrogen and oxygen atoms in total. The largest absolute Gasteiger partial charge is 0.495 e. The van der Waals surface area contributed by atoms with Gasteiger partial charge in [0.2, 0.25) is 11.1 Å². The van der Waals surface area contributed by atoms with Gasteiger partial charge in [0.25, 0.3) is 5.91 Å². The van der Waals surface area contributed by atoms with Gasteiger partial charge in [0.05, 0.1) is 24.1 Å². The molecule has 1 aliphatic heterocycles. The van der Waals surface area contributed by atoms with Crippen molar-refractivity contribution in [2.75, 3.05) is 23.5 Å². The second kappa shape index (κ2) is 11.2. The van der Waals surface area contributed by atoms with Gasteiger partial charge in [-0.25, -0.2) is 4.68 Å². The molecule has 4 aromatic rings. The van der Waals surface area contributed by atoms with Gasteiger partial charge in [-0.05, 0) is 44.0 Å². The SMILES string of the molecule is COc1ccccc1NC(=O)C1=C(C)Nc2nc(SCC(=O)c3ccc(C)cc3)nn2C1c1ccccc1C. The lowest BCUT2D eigenvalue weighted by molar-refractivity contribution is -0.113. The summed E-state index contributed by atoms with van der Waals surface area (Å²) >= 11 is 1.27. The number of carbonyl (C=O) groups excluding carboxylic acids is 2. The summed E-state index contributed by atoms with van der Waals surface area (Å²) in [5.41, 5.74) is 5.46. The molecule has 0 saturated carbocycles. The topological polar surface area (TPSA) is 98.1 Å². The molecule has 0 fully saturated rings.